The summed E-state index contributed by atoms with van der Waals surface area (Å²) in [7, 11) is -2.16. The number of carbonyl (C=O) groups excluding carboxylic acids is 2. The number of amides is 2. The van der Waals surface area contributed by atoms with Gasteiger partial charge in [-0.3, -0.25) is 9.59 Å². The second-order valence-electron chi connectivity index (χ2n) is 12.8. The van der Waals surface area contributed by atoms with Crippen molar-refractivity contribution in [3.05, 3.63) is 89.5 Å². The number of hydrogen-bond acceptors (Lipinski definition) is 6. The van der Waals surface area contributed by atoms with E-state index in [1.54, 1.807) is 25.2 Å². The number of carbonyl (C=O) groups is 2. The molecular formula is C37H45N5O4S. The molecule has 10 heteroatoms. The van der Waals surface area contributed by atoms with Crippen molar-refractivity contribution < 1.29 is 18.0 Å². The molecule has 0 saturated carbocycles. The van der Waals surface area contributed by atoms with E-state index in [1.807, 2.05) is 66.4 Å². The first-order valence-electron chi connectivity index (χ1n) is 16.9. The quantitative estimate of drug-likeness (QED) is 0.255. The topological polar surface area (TPSA) is 102 Å². The van der Waals surface area contributed by atoms with E-state index in [2.05, 4.69) is 15.5 Å². The lowest BCUT2D eigenvalue weighted by Crippen LogP contribution is -2.48. The second-order valence-corrected chi connectivity index (χ2v) is 14.8. The van der Waals surface area contributed by atoms with Crippen LogP contribution in [0.4, 0.5) is 11.4 Å². The van der Waals surface area contributed by atoms with E-state index in [0.717, 1.165) is 44.3 Å². The predicted octanol–water partition coefficient (Wildman–Crippen LogP) is 6.13. The van der Waals surface area contributed by atoms with Gasteiger partial charge in [-0.25, -0.2) is 12.7 Å². The second kappa shape index (κ2) is 14.4. The third-order valence-corrected chi connectivity index (χ3v) is 11.5. The zero-order valence-corrected chi connectivity index (χ0v) is 28.2. The molecule has 3 aliphatic heterocycles. The molecule has 2 fully saturated rings. The average Bonchev–Trinajstić information content (AvgIpc) is 3.44. The highest BCUT2D eigenvalue weighted by Gasteiger charge is 2.32. The van der Waals surface area contributed by atoms with Gasteiger partial charge < -0.3 is 20.4 Å². The number of likely N-dealkylation sites (tertiary alicyclic amines) is 2. The lowest BCUT2D eigenvalue weighted by atomic mass is 9.99. The maximum atomic E-state index is 13.5. The van der Waals surface area contributed by atoms with E-state index < -0.39 is 10.0 Å². The van der Waals surface area contributed by atoms with Gasteiger partial charge in [-0.05, 0) is 93.2 Å². The van der Waals surface area contributed by atoms with Gasteiger partial charge in [0.15, 0.2) is 0 Å². The normalized spacial score (nSPS) is 18.6. The SMILES string of the molecule is CCCCN(C)S(=O)(=O)c1ccc2c(c1)/C(=C(/Nc1ccc(C(=O)N3CCC(N4CCCCC4)CC3)cc1)c1ccccc1)C(=O)N2. The number of piperidine rings is 2. The minimum Gasteiger partial charge on any atom is -0.354 e. The number of benzene rings is 3. The third kappa shape index (κ3) is 7.15. The van der Waals surface area contributed by atoms with E-state index in [4.69, 9.17) is 0 Å². The number of sulfonamides is 1. The summed E-state index contributed by atoms with van der Waals surface area (Å²) in [5, 5.41) is 6.35. The molecule has 0 unspecified atom stereocenters. The minimum atomic E-state index is -3.74. The Morgan fingerprint density at radius 3 is 2.30 bits per heavy atom. The van der Waals surface area contributed by atoms with Crippen LogP contribution in [0.2, 0.25) is 0 Å². The van der Waals surface area contributed by atoms with Crippen LogP contribution in [0.15, 0.2) is 77.7 Å². The maximum Gasteiger partial charge on any atom is 0.258 e. The van der Waals surface area contributed by atoms with Crippen molar-refractivity contribution in [2.75, 3.05) is 50.4 Å². The van der Waals surface area contributed by atoms with Gasteiger partial charge in [0.1, 0.15) is 0 Å². The van der Waals surface area contributed by atoms with Gasteiger partial charge in [0, 0.05) is 55.2 Å². The Bertz CT molecular complexity index is 1730. The molecule has 3 aromatic carbocycles. The Balaban J connectivity index is 1.25. The monoisotopic (exact) mass is 655 g/mol. The Morgan fingerprint density at radius 2 is 1.62 bits per heavy atom. The molecule has 0 aromatic heterocycles. The number of rotatable bonds is 10. The van der Waals surface area contributed by atoms with E-state index >= 15 is 0 Å². The lowest BCUT2D eigenvalue weighted by Gasteiger charge is -2.40. The number of fused-ring (bicyclic) bond motifs is 1. The molecule has 3 aliphatic rings. The first kappa shape index (κ1) is 32.9. The highest BCUT2D eigenvalue weighted by molar-refractivity contribution is 7.89. The summed E-state index contributed by atoms with van der Waals surface area (Å²) in [5.41, 5.74) is 4.10. The van der Waals surface area contributed by atoms with Gasteiger partial charge in [-0.1, -0.05) is 50.1 Å². The first-order chi connectivity index (χ1) is 22.8. The zero-order valence-electron chi connectivity index (χ0n) is 27.4. The molecule has 0 bridgehead atoms. The molecule has 2 amide bonds. The van der Waals surface area contributed by atoms with Gasteiger partial charge in [-0.2, -0.15) is 0 Å². The van der Waals surface area contributed by atoms with Crippen molar-refractivity contribution in [1.82, 2.24) is 14.1 Å². The molecule has 2 N–H and O–H groups in total. The fourth-order valence-corrected chi connectivity index (χ4v) is 8.10. The molecule has 0 aliphatic carbocycles. The van der Waals surface area contributed by atoms with E-state index in [9.17, 15) is 18.0 Å². The zero-order chi connectivity index (χ0) is 33.0. The fraction of sp³-hybridized carbons (Fsp3) is 0.405. The molecule has 9 nitrogen and oxygen atoms in total. The van der Waals surface area contributed by atoms with E-state index in [-0.39, 0.29) is 16.7 Å². The molecule has 0 atom stereocenters. The molecule has 2 saturated heterocycles. The predicted molar refractivity (Wildman–Crippen MR) is 187 cm³/mol. The fourth-order valence-electron chi connectivity index (χ4n) is 6.86. The summed E-state index contributed by atoms with van der Waals surface area (Å²) < 4.78 is 28.2. The van der Waals surface area contributed by atoms with Gasteiger partial charge in [0.2, 0.25) is 10.0 Å². The van der Waals surface area contributed by atoms with Crippen LogP contribution in [-0.2, 0) is 14.8 Å². The van der Waals surface area contributed by atoms with E-state index in [0.29, 0.717) is 46.4 Å². The largest absolute Gasteiger partial charge is 0.354 e. The summed E-state index contributed by atoms with van der Waals surface area (Å²) in [6.45, 7) is 6.33. The molecule has 47 heavy (non-hydrogen) atoms. The van der Waals surface area contributed by atoms with Gasteiger partial charge in [0.05, 0.1) is 16.2 Å². The third-order valence-electron chi connectivity index (χ3n) is 9.64. The molecule has 0 spiro atoms. The summed E-state index contributed by atoms with van der Waals surface area (Å²) in [6, 6.07) is 22.2. The van der Waals surface area contributed by atoms with Gasteiger partial charge in [0.25, 0.3) is 11.8 Å². The van der Waals surface area contributed by atoms with Gasteiger partial charge >= 0.3 is 0 Å². The number of unbranched alkanes of at least 4 members (excludes halogenated alkanes) is 1. The highest BCUT2D eigenvalue weighted by Crippen LogP contribution is 2.39. The van der Waals surface area contributed by atoms with Crippen LogP contribution in [0.1, 0.15) is 73.4 Å². The molecular weight excluding hydrogens is 611 g/mol. The van der Waals surface area contributed by atoms with Crippen molar-refractivity contribution in [2.24, 2.45) is 0 Å². The summed E-state index contributed by atoms with van der Waals surface area (Å²) in [6.07, 6.45) is 7.55. The van der Waals surface area contributed by atoms with Crippen LogP contribution in [0.25, 0.3) is 11.3 Å². The van der Waals surface area contributed by atoms with Crippen LogP contribution in [0.5, 0.6) is 0 Å². The smallest absolute Gasteiger partial charge is 0.258 e. The van der Waals surface area contributed by atoms with Crippen LogP contribution < -0.4 is 10.6 Å². The van der Waals surface area contributed by atoms with Crippen molar-refractivity contribution in [2.45, 2.75) is 62.8 Å². The maximum absolute atomic E-state index is 13.5. The minimum absolute atomic E-state index is 0.0389. The standard InChI is InChI=1S/C37H45N5O4S/c1-3-4-21-40(2)47(45,46)31-17-18-33-32(26-31)34(36(43)39-33)35(27-11-7-5-8-12-27)38-29-15-13-28(14-16-29)37(44)42-24-19-30(20-25-42)41-22-9-6-10-23-41/h5,7-8,11-18,26,30,38H,3-4,6,9-10,19-25H2,1-2H3,(H,39,43)/b35-34-. The molecule has 3 aromatic rings. The van der Waals surface area contributed by atoms with Crippen LogP contribution in [0, 0.1) is 0 Å². The van der Waals surface area contributed by atoms with Crippen molar-refractivity contribution >= 4 is 44.5 Å². The van der Waals surface area contributed by atoms with Crippen LogP contribution in [-0.4, -0.2) is 80.2 Å². The summed E-state index contributed by atoms with van der Waals surface area (Å²) in [5.74, 6) is -0.281. The molecule has 248 valence electrons. The summed E-state index contributed by atoms with van der Waals surface area (Å²) in [4.78, 5) is 31.6. The van der Waals surface area contributed by atoms with Crippen LogP contribution in [0.3, 0.4) is 0 Å². The molecule has 3 heterocycles. The Morgan fingerprint density at radius 1 is 0.915 bits per heavy atom. The Hall–Kier alpha value is -3.99. The number of hydrogen-bond donors (Lipinski definition) is 2. The highest BCUT2D eigenvalue weighted by atomic mass is 32.2. The molecule has 0 radical (unpaired) electrons. The average molecular weight is 656 g/mol. The first-order valence-corrected chi connectivity index (χ1v) is 18.3. The summed E-state index contributed by atoms with van der Waals surface area (Å²) >= 11 is 0. The van der Waals surface area contributed by atoms with Crippen molar-refractivity contribution in [3.8, 4) is 0 Å². The van der Waals surface area contributed by atoms with Crippen molar-refractivity contribution in [3.63, 3.8) is 0 Å². The molecule has 6 rings (SSSR count). The van der Waals surface area contributed by atoms with Gasteiger partial charge in [-0.15, -0.1) is 0 Å². The Kier molecular flexibility index (Phi) is 10.1. The van der Waals surface area contributed by atoms with Crippen molar-refractivity contribution in [1.29, 1.82) is 0 Å². The van der Waals surface area contributed by atoms with E-state index in [1.165, 1.54) is 36.7 Å². The number of anilines is 2. The number of nitrogens with one attached hydrogen (secondary N) is 2. The van der Waals surface area contributed by atoms with Crippen LogP contribution >= 0.6 is 0 Å². The Labute approximate surface area is 278 Å². The number of nitrogens with zero attached hydrogens (tertiary/aromatic N) is 3. The lowest BCUT2D eigenvalue weighted by molar-refractivity contribution is -0.110.